The summed E-state index contributed by atoms with van der Waals surface area (Å²) in [6, 6.07) is 8.18. The van der Waals surface area contributed by atoms with E-state index in [4.69, 9.17) is 0 Å². The van der Waals surface area contributed by atoms with Crippen molar-refractivity contribution in [2.45, 2.75) is 44.5 Å². The molecule has 1 fully saturated rings. The molecule has 1 unspecified atom stereocenters. The number of amides is 3. The average molecular weight is 364 g/mol. The van der Waals surface area contributed by atoms with Crippen molar-refractivity contribution in [3.63, 3.8) is 0 Å². The van der Waals surface area contributed by atoms with Crippen molar-refractivity contribution >= 4 is 30.5 Å². The van der Waals surface area contributed by atoms with E-state index in [1.54, 1.807) is 0 Å². The highest BCUT2D eigenvalue weighted by atomic mass is 32.1. The van der Waals surface area contributed by atoms with E-state index in [-0.39, 0.29) is 12.5 Å². The predicted molar refractivity (Wildman–Crippen MR) is 97.4 cm³/mol. The second kappa shape index (κ2) is 8.38. The Morgan fingerprint density at radius 3 is 2.44 bits per heavy atom. The molecule has 1 aromatic rings. The molecular weight excluding hydrogens is 340 g/mol. The Bertz CT molecular complexity index is 635. The van der Waals surface area contributed by atoms with Gasteiger partial charge in [-0.2, -0.15) is 12.6 Å². The van der Waals surface area contributed by atoms with Gasteiger partial charge < -0.3 is 10.0 Å². The van der Waals surface area contributed by atoms with Crippen LogP contribution in [0.3, 0.4) is 0 Å². The number of nitrogens with zero attached hydrogens (tertiary/aromatic N) is 2. The Morgan fingerprint density at radius 2 is 1.88 bits per heavy atom. The van der Waals surface area contributed by atoms with Crippen LogP contribution in [0, 0.1) is 5.92 Å². The molecule has 1 saturated heterocycles. The van der Waals surface area contributed by atoms with Crippen molar-refractivity contribution in [1.82, 2.24) is 9.80 Å². The van der Waals surface area contributed by atoms with Crippen LogP contribution in [-0.4, -0.2) is 50.8 Å². The highest BCUT2D eigenvalue weighted by molar-refractivity contribution is 7.80. The summed E-state index contributed by atoms with van der Waals surface area (Å²) in [4.78, 5) is 38.7. The van der Waals surface area contributed by atoms with Crippen LogP contribution in [-0.2, 0) is 16.0 Å². The van der Waals surface area contributed by atoms with Crippen molar-refractivity contribution in [2.24, 2.45) is 5.92 Å². The van der Waals surface area contributed by atoms with Crippen LogP contribution in [0.2, 0.25) is 0 Å². The maximum atomic E-state index is 12.6. The molecule has 25 heavy (non-hydrogen) atoms. The Balaban J connectivity index is 2.05. The average Bonchev–Trinajstić information content (AvgIpc) is 2.85. The van der Waals surface area contributed by atoms with Crippen molar-refractivity contribution < 1.29 is 19.5 Å². The van der Waals surface area contributed by atoms with Crippen molar-refractivity contribution in [3.05, 3.63) is 35.9 Å². The third-order valence-electron chi connectivity index (χ3n) is 4.21. The molecule has 2 rings (SSSR count). The molecule has 2 atom stereocenters. The number of benzene rings is 1. The zero-order valence-electron chi connectivity index (χ0n) is 14.5. The predicted octanol–water partition coefficient (Wildman–Crippen LogP) is 2.64. The lowest BCUT2D eigenvalue weighted by Crippen LogP contribution is -2.46. The van der Waals surface area contributed by atoms with E-state index in [9.17, 15) is 19.5 Å². The number of urea groups is 1. The summed E-state index contributed by atoms with van der Waals surface area (Å²) in [5.74, 6) is -1.38. The summed E-state index contributed by atoms with van der Waals surface area (Å²) in [6.07, 6.45) is 1.50. The van der Waals surface area contributed by atoms with Crippen LogP contribution >= 0.6 is 12.6 Å². The number of carboxylic acid groups (broad SMARTS) is 1. The van der Waals surface area contributed by atoms with Gasteiger partial charge in [0.2, 0.25) is 0 Å². The largest absolute Gasteiger partial charge is 0.480 e. The molecule has 1 aromatic carbocycles. The normalized spacial score (nSPS) is 17.3. The lowest BCUT2D eigenvalue weighted by molar-refractivity contribution is -0.142. The van der Waals surface area contributed by atoms with E-state index in [0.29, 0.717) is 19.3 Å². The van der Waals surface area contributed by atoms with E-state index in [0.717, 1.165) is 15.4 Å². The van der Waals surface area contributed by atoms with Crippen LogP contribution < -0.4 is 0 Å². The molecule has 1 N–H and O–H groups in total. The summed E-state index contributed by atoms with van der Waals surface area (Å²) >= 11 is 4.41. The molecular formula is C18H24N2O4S. The van der Waals surface area contributed by atoms with Gasteiger partial charge in [0.15, 0.2) is 0 Å². The van der Waals surface area contributed by atoms with Gasteiger partial charge in [0.25, 0.3) is 5.91 Å². The minimum Gasteiger partial charge on any atom is -0.480 e. The maximum Gasteiger partial charge on any atom is 0.328 e. The molecule has 1 heterocycles. The lowest BCUT2D eigenvalue weighted by Gasteiger charge is -2.26. The fourth-order valence-electron chi connectivity index (χ4n) is 2.95. The van der Waals surface area contributed by atoms with E-state index < -0.39 is 29.3 Å². The standard InChI is InChI=1S/C18H24N2O4S/c1-12(2)10-14(17(22)23)19-11-15(21)20(18(19)24)16(25)9-8-13-6-4-3-5-7-13/h3-7,12,14,16,25H,8-11H2,1-2H3,(H,22,23)/t14-,16?/m0/s1. The van der Waals surface area contributed by atoms with Crippen LogP contribution in [0.25, 0.3) is 0 Å². The van der Waals surface area contributed by atoms with Gasteiger partial charge in [-0.15, -0.1) is 0 Å². The number of thiol groups is 1. The van der Waals surface area contributed by atoms with E-state index in [2.05, 4.69) is 12.6 Å². The Hall–Kier alpha value is -2.02. The molecule has 7 heteroatoms. The quantitative estimate of drug-likeness (QED) is 0.549. The number of imide groups is 1. The number of aryl methyl sites for hydroxylation is 1. The van der Waals surface area contributed by atoms with E-state index in [1.165, 1.54) is 0 Å². The third kappa shape index (κ3) is 4.75. The molecule has 0 aromatic heterocycles. The van der Waals surface area contributed by atoms with E-state index >= 15 is 0 Å². The molecule has 6 nitrogen and oxygen atoms in total. The van der Waals surface area contributed by atoms with Crippen molar-refractivity contribution in [1.29, 1.82) is 0 Å². The topological polar surface area (TPSA) is 77.9 Å². The fourth-order valence-corrected chi connectivity index (χ4v) is 3.31. The van der Waals surface area contributed by atoms with E-state index in [1.807, 2.05) is 44.2 Å². The van der Waals surface area contributed by atoms with Gasteiger partial charge in [-0.25, -0.2) is 9.59 Å². The first-order valence-corrected chi connectivity index (χ1v) is 8.90. The molecule has 0 spiro atoms. The zero-order valence-corrected chi connectivity index (χ0v) is 15.4. The van der Waals surface area contributed by atoms with Gasteiger partial charge in [-0.3, -0.25) is 9.69 Å². The van der Waals surface area contributed by atoms with Gasteiger partial charge in [0.05, 0.1) is 5.37 Å². The first kappa shape index (κ1) is 19.3. The van der Waals surface area contributed by atoms with Crippen LogP contribution in [0.15, 0.2) is 30.3 Å². The number of hydrogen-bond donors (Lipinski definition) is 2. The van der Waals surface area contributed by atoms with Crippen LogP contribution in [0.4, 0.5) is 4.79 Å². The highest BCUT2D eigenvalue weighted by Gasteiger charge is 2.44. The molecule has 0 bridgehead atoms. The van der Waals surface area contributed by atoms with Crippen LogP contribution in [0.1, 0.15) is 32.3 Å². The first-order chi connectivity index (χ1) is 11.8. The SMILES string of the molecule is CC(C)C[C@@H](C(=O)O)N1CC(=O)N(C(S)CCc2ccccc2)C1=O. The van der Waals surface area contributed by atoms with Gasteiger partial charge in [0, 0.05) is 0 Å². The second-order valence-electron chi connectivity index (χ2n) is 6.66. The minimum absolute atomic E-state index is 0.0999. The number of carboxylic acids is 1. The van der Waals surface area contributed by atoms with Crippen molar-refractivity contribution in [2.75, 3.05) is 6.54 Å². The summed E-state index contributed by atoms with van der Waals surface area (Å²) in [5.41, 5.74) is 1.10. The lowest BCUT2D eigenvalue weighted by atomic mass is 10.0. The third-order valence-corrected chi connectivity index (χ3v) is 4.70. The summed E-state index contributed by atoms with van der Waals surface area (Å²) in [6.45, 7) is 3.57. The Labute approximate surface area is 153 Å². The van der Waals surface area contributed by atoms with Gasteiger partial charge >= 0.3 is 12.0 Å². The van der Waals surface area contributed by atoms with Gasteiger partial charge in [-0.1, -0.05) is 44.2 Å². The second-order valence-corrected chi connectivity index (χ2v) is 7.26. The summed E-state index contributed by atoms with van der Waals surface area (Å²) in [5, 5.41) is 8.85. The highest BCUT2D eigenvalue weighted by Crippen LogP contribution is 2.24. The molecule has 1 aliphatic heterocycles. The number of hydrogen-bond acceptors (Lipinski definition) is 4. The molecule has 0 saturated carbocycles. The minimum atomic E-state index is -1.09. The Morgan fingerprint density at radius 1 is 1.24 bits per heavy atom. The van der Waals surface area contributed by atoms with Gasteiger partial charge in [-0.05, 0) is 30.7 Å². The molecule has 0 radical (unpaired) electrons. The first-order valence-electron chi connectivity index (χ1n) is 8.38. The molecule has 1 aliphatic rings. The Kier molecular flexibility index (Phi) is 6.47. The van der Waals surface area contributed by atoms with Gasteiger partial charge in [0.1, 0.15) is 12.6 Å². The fraction of sp³-hybridized carbons (Fsp3) is 0.500. The number of carbonyl (C=O) groups excluding carboxylic acids is 2. The number of aliphatic carboxylic acids is 1. The zero-order chi connectivity index (χ0) is 18.6. The number of rotatable bonds is 8. The molecule has 136 valence electrons. The maximum absolute atomic E-state index is 12.6. The summed E-state index contributed by atoms with van der Waals surface area (Å²) < 4.78 is 0. The monoisotopic (exact) mass is 364 g/mol. The molecule has 3 amide bonds. The smallest absolute Gasteiger partial charge is 0.328 e. The number of carbonyl (C=O) groups is 3. The van der Waals surface area contributed by atoms with Crippen molar-refractivity contribution in [3.8, 4) is 0 Å². The van der Waals surface area contributed by atoms with Crippen LogP contribution in [0.5, 0.6) is 0 Å². The summed E-state index contributed by atoms with van der Waals surface area (Å²) in [7, 11) is 0. The molecule has 0 aliphatic carbocycles.